The highest BCUT2D eigenvalue weighted by Gasteiger charge is 2.33. The molecule has 2 amide bonds. The maximum absolute atomic E-state index is 13.2. The molecule has 1 aliphatic heterocycles. The minimum Gasteiger partial charge on any atom is -0.493 e. The smallest absolute Gasteiger partial charge is 0.341 e. The maximum atomic E-state index is 13.2. The first-order chi connectivity index (χ1) is 20.9. The molecule has 3 atom stereocenters. The van der Waals surface area contributed by atoms with Crippen molar-refractivity contribution in [3.8, 4) is 28.7 Å². The molecule has 2 N–H and O–H groups in total. The summed E-state index contributed by atoms with van der Waals surface area (Å²) in [6.07, 6.45) is 7.39. The minimum atomic E-state index is -0.496. The van der Waals surface area contributed by atoms with Crippen molar-refractivity contribution in [1.29, 1.82) is 0 Å². The third kappa shape index (κ3) is 7.41. The molecule has 1 saturated heterocycles. The van der Waals surface area contributed by atoms with Gasteiger partial charge in [0.1, 0.15) is 0 Å². The van der Waals surface area contributed by atoms with Crippen LogP contribution < -0.4 is 29.0 Å². The van der Waals surface area contributed by atoms with Crippen molar-refractivity contribution in [1.82, 2.24) is 10.4 Å². The fourth-order valence-corrected chi connectivity index (χ4v) is 6.12. The molecular formula is C33H48N2O8. The van der Waals surface area contributed by atoms with Gasteiger partial charge in [0, 0.05) is 5.56 Å². The lowest BCUT2D eigenvalue weighted by Crippen LogP contribution is -2.46. The number of hydrogen-bond acceptors (Lipinski definition) is 8. The summed E-state index contributed by atoms with van der Waals surface area (Å²) in [5.74, 6) is 2.89. The molecule has 10 nitrogen and oxygen atoms in total. The normalized spacial score (nSPS) is 19.4. The lowest BCUT2D eigenvalue weighted by Gasteiger charge is -2.31. The summed E-state index contributed by atoms with van der Waals surface area (Å²) >= 11 is 0. The van der Waals surface area contributed by atoms with Crippen LogP contribution in [0.1, 0.15) is 107 Å². The Morgan fingerprint density at radius 1 is 0.860 bits per heavy atom. The molecule has 10 heteroatoms. The fraction of sp³-hybridized carbons (Fsp3) is 0.606. The molecule has 238 valence electrons. The van der Waals surface area contributed by atoms with Crippen molar-refractivity contribution in [2.45, 2.75) is 95.9 Å². The van der Waals surface area contributed by atoms with Crippen molar-refractivity contribution in [3.05, 3.63) is 41.0 Å². The molecule has 2 aliphatic rings. The number of hydroxylamine groups is 2. The number of nitrogens with one attached hydrogen (secondary N) is 1. The zero-order chi connectivity index (χ0) is 30.9. The van der Waals surface area contributed by atoms with Crippen LogP contribution in [0, 0.1) is 0 Å². The van der Waals surface area contributed by atoms with Crippen LogP contribution in [0.4, 0.5) is 4.79 Å². The van der Waals surface area contributed by atoms with Crippen molar-refractivity contribution < 1.29 is 38.4 Å². The molecule has 0 spiro atoms. The molecule has 1 heterocycles. The number of methoxy groups -OCH3 is 4. The quantitative estimate of drug-likeness (QED) is 0.182. The van der Waals surface area contributed by atoms with Gasteiger partial charge in [-0.1, -0.05) is 33.1 Å². The van der Waals surface area contributed by atoms with Gasteiger partial charge in [0.15, 0.2) is 23.0 Å². The Hall–Kier alpha value is -3.37. The summed E-state index contributed by atoms with van der Waals surface area (Å²) in [5, 5.41) is 14.7. The molecule has 2 aromatic rings. The molecule has 2 aromatic carbocycles. The first-order valence-electron chi connectivity index (χ1n) is 15.5. The summed E-state index contributed by atoms with van der Waals surface area (Å²) in [6.45, 7) is 4.55. The average Bonchev–Trinajstić information content (AvgIpc) is 3.55. The summed E-state index contributed by atoms with van der Waals surface area (Å²) in [4.78, 5) is 13.2. The van der Waals surface area contributed by atoms with E-state index in [1.807, 2.05) is 38.1 Å². The van der Waals surface area contributed by atoms with Gasteiger partial charge in [0.2, 0.25) is 5.75 Å². The lowest BCUT2D eigenvalue weighted by atomic mass is 9.95. The molecule has 0 bridgehead atoms. The van der Waals surface area contributed by atoms with Gasteiger partial charge in [-0.25, -0.2) is 9.86 Å². The fourth-order valence-electron chi connectivity index (χ4n) is 6.12. The Kier molecular flexibility index (Phi) is 11.6. The molecular weight excluding hydrogens is 552 g/mol. The number of amides is 2. The standard InChI is InChI=1S/C33H48N2O8/c1-7-16-42-31-24(25(8-2)34-33(36)35(37)23-12-10-9-11-13-23)17-21(18-28(31)38-3)26-14-15-27(43-26)22-19-29(39-4)32(41-6)30(20-22)40-5/h17-20,23,25-27,37H,7-16H2,1-6H3,(H,34,36). The van der Waals surface area contributed by atoms with E-state index in [1.165, 1.54) is 0 Å². The molecule has 0 aromatic heterocycles. The predicted octanol–water partition coefficient (Wildman–Crippen LogP) is 7.29. The van der Waals surface area contributed by atoms with Crippen LogP contribution in [0.2, 0.25) is 0 Å². The van der Waals surface area contributed by atoms with E-state index in [0.717, 1.165) is 73.1 Å². The van der Waals surface area contributed by atoms with Crippen LogP contribution in [-0.4, -0.2) is 57.4 Å². The first kappa shape index (κ1) is 32.5. The van der Waals surface area contributed by atoms with Crippen LogP contribution in [0.3, 0.4) is 0 Å². The summed E-state index contributed by atoms with van der Waals surface area (Å²) in [5.41, 5.74) is 2.68. The van der Waals surface area contributed by atoms with Gasteiger partial charge in [0.05, 0.1) is 59.3 Å². The van der Waals surface area contributed by atoms with Gasteiger partial charge in [-0.05, 0) is 73.9 Å². The number of rotatable bonds is 13. The molecule has 2 fully saturated rings. The molecule has 4 rings (SSSR count). The zero-order valence-corrected chi connectivity index (χ0v) is 26.4. The number of nitrogens with zero attached hydrogens (tertiary/aromatic N) is 1. The second-order valence-electron chi connectivity index (χ2n) is 11.2. The van der Waals surface area contributed by atoms with Crippen LogP contribution >= 0.6 is 0 Å². The molecule has 43 heavy (non-hydrogen) atoms. The van der Waals surface area contributed by atoms with Gasteiger partial charge < -0.3 is 33.7 Å². The highest BCUT2D eigenvalue weighted by molar-refractivity contribution is 5.74. The third-order valence-electron chi connectivity index (χ3n) is 8.44. The lowest BCUT2D eigenvalue weighted by molar-refractivity contribution is -0.0879. The Morgan fingerprint density at radius 2 is 1.42 bits per heavy atom. The SMILES string of the molecule is CCCOc1c(OC)cc(C2CCC(c3cc(OC)c(OC)c(OC)c3)O2)cc1C(CC)NC(=O)N(O)C1CCCCC1. The van der Waals surface area contributed by atoms with E-state index in [0.29, 0.717) is 41.8 Å². The van der Waals surface area contributed by atoms with Gasteiger partial charge in [0.25, 0.3) is 0 Å². The number of hydrogen-bond donors (Lipinski definition) is 2. The molecule has 1 aliphatic carbocycles. The van der Waals surface area contributed by atoms with E-state index in [9.17, 15) is 10.0 Å². The van der Waals surface area contributed by atoms with E-state index in [1.54, 1.807) is 28.4 Å². The molecule has 0 radical (unpaired) electrons. The van der Waals surface area contributed by atoms with Gasteiger partial charge in [-0.15, -0.1) is 0 Å². The Balaban J connectivity index is 1.62. The van der Waals surface area contributed by atoms with Crippen LogP contribution in [-0.2, 0) is 4.74 Å². The summed E-state index contributed by atoms with van der Waals surface area (Å²) < 4.78 is 35.2. The van der Waals surface area contributed by atoms with Gasteiger partial charge >= 0.3 is 6.03 Å². The summed E-state index contributed by atoms with van der Waals surface area (Å²) in [7, 11) is 6.40. The van der Waals surface area contributed by atoms with E-state index in [-0.39, 0.29) is 18.2 Å². The van der Waals surface area contributed by atoms with Crippen molar-refractivity contribution in [3.63, 3.8) is 0 Å². The predicted molar refractivity (Wildman–Crippen MR) is 163 cm³/mol. The van der Waals surface area contributed by atoms with Crippen molar-refractivity contribution in [2.75, 3.05) is 35.0 Å². The third-order valence-corrected chi connectivity index (χ3v) is 8.44. The van der Waals surface area contributed by atoms with E-state index < -0.39 is 12.1 Å². The van der Waals surface area contributed by atoms with Crippen molar-refractivity contribution in [2.24, 2.45) is 0 Å². The molecule has 1 saturated carbocycles. The van der Waals surface area contributed by atoms with Crippen molar-refractivity contribution >= 4 is 6.03 Å². The number of urea groups is 1. The minimum absolute atomic E-state index is 0.165. The topological polar surface area (TPSA) is 108 Å². The number of benzene rings is 2. The Labute approximate surface area is 255 Å². The van der Waals surface area contributed by atoms with Gasteiger partial charge in [-0.2, -0.15) is 0 Å². The Bertz CT molecular complexity index is 1190. The van der Waals surface area contributed by atoms with E-state index in [2.05, 4.69) is 5.32 Å². The largest absolute Gasteiger partial charge is 0.493 e. The van der Waals surface area contributed by atoms with Crippen LogP contribution in [0.15, 0.2) is 24.3 Å². The van der Waals surface area contributed by atoms with Crippen LogP contribution in [0.25, 0.3) is 0 Å². The zero-order valence-electron chi connectivity index (χ0n) is 26.4. The number of ether oxygens (including phenoxy) is 6. The summed E-state index contributed by atoms with van der Waals surface area (Å²) in [6, 6.07) is 6.80. The second kappa shape index (κ2) is 15.4. The average molecular weight is 601 g/mol. The van der Waals surface area contributed by atoms with E-state index >= 15 is 0 Å². The highest BCUT2D eigenvalue weighted by atomic mass is 16.5. The molecule has 3 unspecified atom stereocenters. The Morgan fingerprint density at radius 3 is 1.93 bits per heavy atom. The van der Waals surface area contributed by atoms with Crippen LogP contribution in [0.5, 0.6) is 28.7 Å². The monoisotopic (exact) mass is 600 g/mol. The first-order valence-corrected chi connectivity index (χ1v) is 15.5. The van der Waals surface area contributed by atoms with Gasteiger partial charge in [-0.3, -0.25) is 5.21 Å². The maximum Gasteiger partial charge on any atom is 0.341 e. The second-order valence-corrected chi connectivity index (χ2v) is 11.2. The highest BCUT2D eigenvalue weighted by Crippen LogP contribution is 2.48. The number of carbonyl (C=O) groups is 1. The van der Waals surface area contributed by atoms with E-state index in [4.69, 9.17) is 28.4 Å². The number of carbonyl (C=O) groups excluding carboxylic acids is 1.